The van der Waals surface area contributed by atoms with E-state index in [1.54, 1.807) is 0 Å². The number of rotatable bonds is 3. The third-order valence-corrected chi connectivity index (χ3v) is 2.32. The maximum Gasteiger partial charge on any atom is 0.505 e. The van der Waals surface area contributed by atoms with Crippen molar-refractivity contribution in [3.05, 3.63) is 35.4 Å². The lowest BCUT2D eigenvalue weighted by Gasteiger charge is -1.95. The summed E-state index contributed by atoms with van der Waals surface area (Å²) in [7, 11) is -1.98. The summed E-state index contributed by atoms with van der Waals surface area (Å²) in [6.45, 7) is 2.02. The van der Waals surface area contributed by atoms with Crippen LogP contribution in [-0.2, 0) is 11.0 Å². The second kappa shape index (κ2) is 6.29. The molecule has 0 saturated heterocycles. The lowest BCUT2D eigenvalue weighted by atomic mass is 10.1. The lowest BCUT2D eigenvalue weighted by molar-refractivity contribution is 0.502. The van der Waals surface area contributed by atoms with Crippen LogP contribution in [0.2, 0.25) is 0 Å². The van der Waals surface area contributed by atoms with E-state index in [0.29, 0.717) is 12.6 Å². The van der Waals surface area contributed by atoms with E-state index in [9.17, 15) is 4.57 Å². The molecule has 13 heavy (non-hydrogen) atoms. The molecule has 70 valence electrons. The minimum absolute atomic E-state index is 0. The highest BCUT2D eigenvalue weighted by Gasteiger charge is 2.08. The first-order valence-corrected chi connectivity index (χ1v) is 5.27. The van der Waals surface area contributed by atoms with E-state index >= 15 is 0 Å². The highest BCUT2D eigenvalue weighted by Crippen LogP contribution is 2.15. The van der Waals surface area contributed by atoms with Gasteiger partial charge in [-0.1, -0.05) is 29.8 Å². The fourth-order valence-corrected chi connectivity index (χ4v) is 1.43. The first-order chi connectivity index (χ1) is 5.68. The van der Waals surface area contributed by atoms with E-state index in [4.69, 9.17) is 4.89 Å². The molecule has 1 unspecified atom stereocenters. The molecule has 1 rings (SSSR count). The molecule has 1 N–H and O–H groups in total. The van der Waals surface area contributed by atoms with Gasteiger partial charge >= 0.3 is 8.03 Å². The van der Waals surface area contributed by atoms with Crippen molar-refractivity contribution < 1.29 is 9.46 Å². The van der Waals surface area contributed by atoms with Crippen LogP contribution in [-0.4, -0.2) is 28.4 Å². The summed E-state index contributed by atoms with van der Waals surface area (Å²) in [6.07, 6.45) is 1.05. The Balaban J connectivity index is 0.00000144. The Hall–Kier alpha value is -0.188. The molecule has 2 nitrogen and oxygen atoms in total. The second-order valence-corrected chi connectivity index (χ2v) is 3.96. The molecule has 1 aromatic rings. The van der Waals surface area contributed by atoms with Crippen LogP contribution in [0.15, 0.2) is 24.3 Å². The summed E-state index contributed by atoms with van der Waals surface area (Å²) in [6, 6.07) is 8.02. The van der Waals surface area contributed by atoms with Crippen molar-refractivity contribution in [2.45, 2.75) is 13.3 Å². The normalized spacial score (nSPS) is 10.5. The molecule has 0 saturated carbocycles. The van der Waals surface area contributed by atoms with Gasteiger partial charge in [-0.3, -0.25) is 0 Å². The maximum atomic E-state index is 10.4. The van der Waals surface area contributed by atoms with Crippen LogP contribution in [0.5, 0.6) is 0 Å². The summed E-state index contributed by atoms with van der Waals surface area (Å²) in [5.41, 5.74) is 2.34. The van der Waals surface area contributed by atoms with Crippen molar-refractivity contribution in [1.82, 2.24) is 0 Å². The average molecular weight is 213 g/mol. The molecule has 0 aliphatic heterocycles. The Morgan fingerprint density at radius 1 is 1.31 bits per heavy atom. The Morgan fingerprint density at radius 2 is 1.85 bits per heavy atom. The van der Waals surface area contributed by atoms with Crippen LogP contribution in [0.25, 0.3) is 0 Å². The van der Waals surface area contributed by atoms with Crippen LogP contribution >= 0.6 is 8.03 Å². The van der Waals surface area contributed by atoms with Crippen LogP contribution in [0, 0.1) is 6.92 Å². The minimum Gasteiger partial charge on any atom is -0.161 e. The molecule has 1 aromatic carbocycles. The molecule has 0 aliphatic rings. The number of hydrogen-bond donors (Lipinski definition) is 1. The molecule has 4 heteroatoms. The average Bonchev–Trinajstić information content (AvgIpc) is 2.03. The molecule has 0 fully saturated rings. The van der Waals surface area contributed by atoms with Crippen molar-refractivity contribution in [2.24, 2.45) is 0 Å². The molecule has 0 heterocycles. The lowest BCUT2D eigenvalue weighted by Crippen LogP contribution is -1.87. The second-order valence-electron chi connectivity index (χ2n) is 2.81. The fourth-order valence-electron chi connectivity index (χ4n) is 0.979. The summed E-state index contributed by atoms with van der Waals surface area (Å²) in [5, 5.41) is 0. The van der Waals surface area contributed by atoms with E-state index in [0.717, 1.165) is 5.56 Å². The van der Waals surface area contributed by atoms with Crippen molar-refractivity contribution in [3.8, 4) is 0 Å². The number of benzene rings is 1. The van der Waals surface area contributed by atoms with E-state index < -0.39 is 8.03 Å². The fraction of sp³-hybridized carbons (Fsp3) is 0.333. The van der Waals surface area contributed by atoms with Crippen LogP contribution in [0.3, 0.4) is 0 Å². The largest absolute Gasteiger partial charge is 0.505 e. The first kappa shape index (κ1) is 12.8. The minimum atomic E-state index is -1.98. The quantitative estimate of drug-likeness (QED) is 0.602. The monoisotopic (exact) mass is 213 g/mol. The van der Waals surface area contributed by atoms with Gasteiger partial charge in [0.25, 0.3) is 0 Å². The third-order valence-electron chi connectivity index (χ3n) is 1.71. The smallest absolute Gasteiger partial charge is 0.161 e. The molecule has 0 bridgehead atoms. The highest BCUT2D eigenvalue weighted by molar-refractivity contribution is 7.37. The molecule has 0 aliphatic carbocycles. The zero-order valence-electron chi connectivity index (χ0n) is 7.03. The summed E-state index contributed by atoms with van der Waals surface area (Å²) in [4.78, 5) is 8.58. The van der Waals surface area contributed by atoms with Crippen molar-refractivity contribution in [2.75, 3.05) is 6.16 Å². The summed E-state index contributed by atoms with van der Waals surface area (Å²) in [5.74, 6) is 0. The van der Waals surface area contributed by atoms with Crippen molar-refractivity contribution in [1.29, 1.82) is 0 Å². The first-order valence-electron chi connectivity index (χ1n) is 3.87. The van der Waals surface area contributed by atoms with Crippen LogP contribution < -0.4 is 0 Å². The summed E-state index contributed by atoms with van der Waals surface area (Å²) >= 11 is 0. The van der Waals surface area contributed by atoms with Gasteiger partial charge < -0.3 is 0 Å². The van der Waals surface area contributed by atoms with Crippen molar-refractivity contribution >= 4 is 25.4 Å². The zero-order chi connectivity index (χ0) is 8.97. The number of aryl methyl sites for hydroxylation is 2. The van der Waals surface area contributed by atoms with Gasteiger partial charge in [0.15, 0.2) is 23.5 Å². The van der Waals surface area contributed by atoms with Crippen molar-refractivity contribution in [3.63, 3.8) is 0 Å². The van der Waals surface area contributed by atoms with Gasteiger partial charge in [0, 0.05) is 6.42 Å². The van der Waals surface area contributed by atoms with Crippen LogP contribution in [0.4, 0.5) is 0 Å². The molecule has 0 radical (unpaired) electrons. The van der Waals surface area contributed by atoms with Crippen LogP contribution in [0.1, 0.15) is 11.1 Å². The van der Waals surface area contributed by atoms with Gasteiger partial charge in [-0.15, -0.1) is 0 Å². The van der Waals surface area contributed by atoms with Gasteiger partial charge in [0.05, 0.1) is 0 Å². The standard InChI is InChI=1S/C9H11O2P.Al.3H/c1-8-2-4-9(5-3-8)6-7-12(10)11;;;;/h2-5H,6-7H2,1H3;;;;/p+1. The topological polar surface area (TPSA) is 37.3 Å². The highest BCUT2D eigenvalue weighted by atomic mass is 31.1. The van der Waals surface area contributed by atoms with Gasteiger partial charge in [0.2, 0.25) is 0 Å². The molecular weight excluding hydrogens is 198 g/mol. The maximum absolute atomic E-state index is 10.4. The number of hydrogen-bond acceptors (Lipinski definition) is 1. The van der Waals surface area contributed by atoms with E-state index in [-0.39, 0.29) is 17.4 Å². The predicted molar refractivity (Wildman–Crippen MR) is 59.5 cm³/mol. The molecule has 1 atom stereocenters. The Kier molecular flexibility index (Phi) is 6.20. The van der Waals surface area contributed by atoms with Gasteiger partial charge in [-0.25, -0.2) is 0 Å². The molecule has 0 aromatic heterocycles. The zero-order valence-corrected chi connectivity index (χ0v) is 7.92. The van der Waals surface area contributed by atoms with E-state index in [1.807, 2.05) is 31.2 Å². The Bertz CT molecular complexity index is 271. The summed E-state index contributed by atoms with van der Waals surface area (Å²) < 4.78 is 10.4. The molecule has 0 spiro atoms. The van der Waals surface area contributed by atoms with E-state index in [1.165, 1.54) is 5.56 Å². The van der Waals surface area contributed by atoms with Gasteiger partial charge in [-0.2, -0.15) is 4.89 Å². The molecule has 0 amide bonds. The van der Waals surface area contributed by atoms with E-state index in [2.05, 4.69) is 0 Å². The van der Waals surface area contributed by atoms with Gasteiger partial charge in [0.1, 0.15) is 0 Å². The van der Waals surface area contributed by atoms with Gasteiger partial charge in [-0.05, 0) is 17.1 Å². The SMILES string of the molecule is Cc1ccc(CC[P+](=O)O)cc1.[AlH3]. The third kappa shape index (κ3) is 5.18. The molecular formula is C9H15AlO2P+. The Labute approximate surface area is 90.0 Å². The predicted octanol–water partition coefficient (Wildman–Crippen LogP) is 1.09. The Morgan fingerprint density at radius 3 is 2.31 bits per heavy atom.